The largest absolute Gasteiger partial charge is 0.465 e. The first-order valence-corrected chi connectivity index (χ1v) is 6.48. The van der Waals surface area contributed by atoms with E-state index in [0.29, 0.717) is 4.88 Å². The van der Waals surface area contributed by atoms with E-state index in [1.165, 1.54) is 18.4 Å². The van der Waals surface area contributed by atoms with Gasteiger partial charge in [-0.25, -0.2) is 9.78 Å². The Labute approximate surface area is 106 Å². The fourth-order valence-corrected chi connectivity index (χ4v) is 2.69. The number of rotatable bonds is 3. The Hall–Kier alpha value is -0.940. The molecule has 0 aliphatic carbocycles. The van der Waals surface area contributed by atoms with Crippen molar-refractivity contribution < 1.29 is 9.53 Å². The number of hydrogen-bond donors (Lipinski definition) is 1. The van der Waals surface area contributed by atoms with Crippen molar-refractivity contribution >= 4 is 17.3 Å². The monoisotopic (exact) mass is 256 g/mol. The predicted octanol–water partition coefficient (Wildman–Crippen LogP) is 2.64. The van der Waals surface area contributed by atoms with Crippen molar-refractivity contribution in [2.24, 2.45) is 5.73 Å². The maximum Gasteiger partial charge on any atom is 0.350 e. The number of thiazole rings is 1. The van der Waals surface area contributed by atoms with Gasteiger partial charge in [-0.15, -0.1) is 11.3 Å². The average molecular weight is 256 g/mol. The smallest absolute Gasteiger partial charge is 0.350 e. The Balaban J connectivity index is 3.26. The molecule has 17 heavy (non-hydrogen) atoms. The molecule has 0 aromatic carbocycles. The Kier molecular flexibility index (Phi) is 4.27. The van der Waals surface area contributed by atoms with Gasteiger partial charge in [-0.3, -0.25) is 0 Å². The molecule has 0 spiro atoms. The first-order chi connectivity index (χ1) is 7.81. The minimum absolute atomic E-state index is 0.112. The van der Waals surface area contributed by atoms with Gasteiger partial charge < -0.3 is 10.5 Å². The molecule has 0 saturated carbocycles. The third kappa shape index (κ3) is 3.04. The maximum atomic E-state index is 11.7. The summed E-state index contributed by atoms with van der Waals surface area (Å²) >= 11 is 1.34. The van der Waals surface area contributed by atoms with Gasteiger partial charge in [0.2, 0.25) is 0 Å². The lowest BCUT2D eigenvalue weighted by atomic mass is 9.91. The number of carbonyl (C=O) groups is 1. The number of nitrogens with two attached hydrogens (primary N) is 1. The van der Waals surface area contributed by atoms with Crippen LogP contribution < -0.4 is 5.73 Å². The maximum absolute atomic E-state index is 11.7. The van der Waals surface area contributed by atoms with Gasteiger partial charge in [-0.05, 0) is 6.42 Å². The van der Waals surface area contributed by atoms with Gasteiger partial charge in [0.1, 0.15) is 9.88 Å². The fraction of sp³-hybridized carbons (Fsp3) is 0.667. The molecule has 0 aliphatic heterocycles. The van der Waals surface area contributed by atoms with E-state index in [-0.39, 0.29) is 17.4 Å². The molecule has 1 aromatic rings. The fourth-order valence-electron chi connectivity index (χ4n) is 1.41. The summed E-state index contributed by atoms with van der Waals surface area (Å²) in [5, 5.41) is 0.804. The summed E-state index contributed by atoms with van der Waals surface area (Å²) in [6.45, 7) is 8.07. The molecule has 1 atom stereocenters. The van der Waals surface area contributed by atoms with E-state index < -0.39 is 0 Å². The first kappa shape index (κ1) is 14.1. The highest BCUT2D eigenvalue weighted by Crippen LogP contribution is 2.32. The third-order valence-corrected chi connectivity index (χ3v) is 3.65. The molecule has 4 nitrogen and oxygen atoms in total. The van der Waals surface area contributed by atoms with Gasteiger partial charge in [-0.1, -0.05) is 27.7 Å². The van der Waals surface area contributed by atoms with Crippen molar-refractivity contribution in [1.82, 2.24) is 4.98 Å². The van der Waals surface area contributed by atoms with E-state index >= 15 is 0 Å². The molecule has 0 aliphatic rings. The van der Waals surface area contributed by atoms with Crippen LogP contribution in [-0.4, -0.2) is 18.1 Å². The van der Waals surface area contributed by atoms with Crippen LogP contribution in [0.2, 0.25) is 0 Å². The van der Waals surface area contributed by atoms with Crippen LogP contribution in [0, 0.1) is 0 Å². The second-order valence-corrected chi connectivity index (χ2v) is 6.02. The molecular formula is C12H20N2O2S. The van der Waals surface area contributed by atoms with Crippen molar-refractivity contribution in [2.45, 2.75) is 45.6 Å². The van der Waals surface area contributed by atoms with Crippen LogP contribution in [0.3, 0.4) is 0 Å². The van der Waals surface area contributed by atoms with E-state index in [1.54, 1.807) is 0 Å². The highest BCUT2D eigenvalue weighted by molar-refractivity contribution is 7.13. The third-order valence-electron chi connectivity index (χ3n) is 2.48. The van der Waals surface area contributed by atoms with Crippen LogP contribution in [0.15, 0.2) is 0 Å². The number of esters is 1. The minimum atomic E-state index is -0.332. The van der Waals surface area contributed by atoms with E-state index in [9.17, 15) is 4.79 Å². The molecule has 5 heteroatoms. The lowest BCUT2D eigenvalue weighted by Gasteiger charge is -2.16. The number of hydrogen-bond acceptors (Lipinski definition) is 5. The SMILES string of the molecule is CCC(N)c1nc(C(C)(C)C)c(C(=O)OC)s1. The average Bonchev–Trinajstić information content (AvgIpc) is 2.71. The summed E-state index contributed by atoms with van der Waals surface area (Å²) in [5.74, 6) is -0.332. The lowest BCUT2D eigenvalue weighted by molar-refractivity contribution is 0.0603. The number of ether oxygens (including phenoxy) is 1. The van der Waals surface area contributed by atoms with Gasteiger partial charge in [0.05, 0.1) is 18.8 Å². The summed E-state index contributed by atoms with van der Waals surface area (Å²) in [4.78, 5) is 16.8. The molecule has 0 saturated heterocycles. The van der Waals surface area contributed by atoms with Gasteiger partial charge in [0, 0.05) is 5.41 Å². The van der Waals surface area contributed by atoms with Crippen molar-refractivity contribution in [3.63, 3.8) is 0 Å². The molecule has 1 unspecified atom stereocenters. The summed E-state index contributed by atoms with van der Waals surface area (Å²) in [6, 6.07) is -0.112. The second-order valence-electron chi connectivity index (χ2n) is 4.99. The summed E-state index contributed by atoms with van der Waals surface area (Å²) in [5.41, 5.74) is 6.54. The zero-order valence-corrected chi connectivity index (χ0v) is 11.9. The van der Waals surface area contributed by atoms with Crippen LogP contribution in [0.25, 0.3) is 0 Å². The summed E-state index contributed by atoms with van der Waals surface area (Å²) in [6.07, 6.45) is 0.803. The zero-order valence-electron chi connectivity index (χ0n) is 11.0. The van der Waals surface area contributed by atoms with Gasteiger partial charge in [0.15, 0.2) is 0 Å². The molecule has 1 rings (SSSR count). The summed E-state index contributed by atoms with van der Waals surface area (Å²) in [7, 11) is 1.38. The Morgan fingerprint density at radius 3 is 2.53 bits per heavy atom. The van der Waals surface area contributed by atoms with Crippen LogP contribution in [0.5, 0.6) is 0 Å². The van der Waals surface area contributed by atoms with Crippen molar-refractivity contribution in [1.29, 1.82) is 0 Å². The van der Waals surface area contributed by atoms with Gasteiger partial charge >= 0.3 is 5.97 Å². The molecule has 96 valence electrons. The summed E-state index contributed by atoms with van der Waals surface area (Å²) < 4.78 is 4.79. The van der Waals surface area contributed by atoms with E-state index in [0.717, 1.165) is 17.1 Å². The number of nitrogens with zero attached hydrogens (tertiary/aromatic N) is 1. The van der Waals surface area contributed by atoms with Crippen molar-refractivity contribution in [3.05, 3.63) is 15.6 Å². The van der Waals surface area contributed by atoms with Crippen LogP contribution in [0.1, 0.15) is 60.5 Å². The van der Waals surface area contributed by atoms with Crippen molar-refractivity contribution in [2.75, 3.05) is 7.11 Å². The number of carbonyl (C=O) groups excluding carboxylic acids is 1. The Morgan fingerprint density at radius 2 is 2.12 bits per heavy atom. The standard InChI is InChI=1S/C12H20N2O2S/c1-6-7(13)10-14-9(12(2,3)4)8(17-10)11(15)16-5/h7H,6,13H2,1-5H3. The topological polar surface area (TPSA) is 65.2 Å². The highest BCUT2D eigenvalue weighted by atomic mass is 32.1. The lowest BCUT2D eigenvalue weighted by Crippen LogP contribution is -2.17. The van der Waals surface area contributed by atoms with Crippen LogP contribution in [-0.2, 0) is 10.2 Å². The first-order valence-electron chi connectivity index (χ1n) is 5.66. The van der Waals surface area contributed by atoms with Gasteiger partial charge in [-0.2, -0.15) is 0 Å². The van der Waals surface area contributed by atoms with E-state index in [2.05, 4.69) is 4.98 Å². The Morgan fingerprint density at radius 1 is 1.53 bits per heavy atom. The minimum Gasteiger partial charge on any atom is -0.465 e. The molecule has 0 fully saturated rings. The van der Waals surface area contributed by atoms with Crippen LogP contribution in [0.4, 0.5) is 0 Å². The highest BCUT2D eigenvalue weighted by Gasteiger charge is 2.28. The molecule has 1 aromatic heterocycles. The van der Waals surface area contributed by atoms with Gasteiger partial charge in [0.25, 0.3) is 0 Å². The van der Waals surface area contributed by atoms with E-state index in [4.69, 9.17) is 10.5 Å². The predicted molar refractivity (Wildman–Crippen MR) is 69.4 cm³/mol. The Bertz CT molecular complexity index is 407. The second kappa shape index (κ2) is 5.14. The molecule has 0 radical (unpaired) electrons. The molecule has 0 amide bonds. The van der Waals surface area contributed by atoms with E-state index in [1.807, 2.05) is 27.7 Å². The number of aromatic nitrogens is 1. The zero-order chi connectivity index (χ0) is 13.2. The molecule has 2 N–H and O–H groups in total. The molecular weight excluding hydrogens is 236 g/mol. The van der Waals surface area contributed by atoms with Crippen molar-refractivity contribution in [3.8, 4) is 0 Å². The van der Waals surface area contributed by atoms with Crippen LogP contribution >= 0.6 is 11.3 Å². The molecule has 1 heterocycles. The quantitative estimate of drug-likeness (QED) is 0.844. The number of methoxy groups -OCH3 is 1. The molecule has 0 bridgehead atoms. The normalized spacial score (nSPS) is 13.5.